The van der Waals surface area contributed by atoms with Gasteiger partial charge in [0.1, 0.15) is 5.82 Å². The third-order valence-corrected chi connectivity index (χ3v) is 3.34. The number of nitrogens with zero attached hydrogens (tertiary/aromatic N) is 1. The number of Topliss-reactive ketones (excluding diaryl/α,β-unsaturated/α-hetero) is 1. The van der Waals surface area contributed by atoms with Crippen molar-refractivity contribution in [2.75, 3.05) is 26.8 Å². The molecule has 1 fully saturated rings. The van der Waals surface area contributed by atoms with E-state index in [1.807, 2.05) is 0 Å². The third-order valence-electron chi connectivity index (χ3n) is 3.34. The smallest absolute Gasteiger partial charge is 0.151 e. The van der Waals surface area contributed by atoms with E-state index >= 15 is 0 Å². The second kappa shape index (κ2) is 6.78. The number of methoxy groups -OCH3 is 1. The molecule has 0 heterocycles. The average Bonchev–Trinajstić information content (AvgIpc) is 3.21. The van der Waals surface area contributed by atoms with Gasteiger partial charge >= 0.3 is 0 Å². The summed E-state index contributed by atoms with van der Waals surface area (Å²) < 4.78 is 17.8. The van der Waals surface area contributed by atoms with Crippen molar-refractivity contribution in [1.82, 2.24) is 4.90 Å². The van der Waals surface area contributed by atoms with Crippen LogP contribution in [0.2, 0.25) is 0 Å². The highest BCUT2D eigenvalue weighted by Crippen LogP contribution is 2.26. The lowest BCUT2D eigenvalue weighted by molar-refractivity contribution is -0.119. The molecular weight excluding hydrogens is 245 g/mol. The van der Waals surface area contributed by atoms with E-state index in [9.17, 15) is 9.18 Å². The van der Waals surface area contributed by atoms with Gasteiger partial charge in [-0.1, -0.05) is 12.1 Å². The second-order valence-electron chi connectivity index (χ2n) is 5.04. The van der Waals surface area contributed by atoms with Gasteiger partial charge in [0, 0.05) is 26.1 Å². The lowest BCUT2D eigenvalue weighted by atomic mass is 10.1. The molecule has 0 unspecified atom stereocenters. The van der Waals surface area contributed by atoms with Crippen LogP contribution in [0.5, 0.6) is 0 Å². The van der Waals surface area contributed by atoms with Crippen molar-refractivity contribution in [3.05, 3.63) is 35.6 Å². The van der Waals surface area contributed by atoms with Gasteiger partial charge in [-0.2, -0.15) is 0 Å². The number of ketones is 1. The van der Waals surface area contributed by atoms with Gasteiger partial charge in [0.15, 0.2) is 5.78 Å². The van der Waals surface area contributed by atoms with Gasteiger partial charge in [0.25, 0.3) is 0 Å². The quantitative estimate of drug-likeness (QED) is 0.720. The first-order chi connectivity index (χ1) is 9.19. The number of hydrogen-bond acceptors (Lipinski definition) is 3. The highest BCUT2D eigenvalue weighted by atomic mass is 19.1. The second-order valence-corrected chi connectivity index (χ2v) is 5.04. The summed E-state index contributed by atoms with van der Waals surface area (Å²) in [4.78, 5) is 14.2. The van der Waals surface area contributed by atoms with Crippen LogP contribution in [0.1, 0.15) is 18.4 Å². The molecule has 1 saturated carbocycles. The van der Waals surface area contributed by atoms with Crippen LogP contribution in [-0.4, -0.2) is 43.5 Å². The van der Waals surface area contributed by atoms with Crippen molar-refractivity contribution in [1.29, 1.82) is 0 Å². The SMILES string of the molecule is COCCN(CC(=O)Cc1ccc(F)cc1)C1CC1. The Kier molecular flexibility index (Phi) is 5.05. The van der Waals surface area contributed by atoms with Gasteiger partial charge in [0.2, 0.25) is 0 Å². The Morgan fingerprint density at radius 3 is 2.63 bits per heavy atom. The molecule has 0 saturated heterocycles. The van der Waals surface area contributed by atoms with E-state index in [4.69, 9.17) is 4.74 Å². The first-order valence-electron chi connectivity index (χ1n) is 6.68. The molecule has 1 aliphatic carbocycles. The largest absolute Gasteiger partial charge is 0.383 e. The van der Waals surface area contributed by atoms with E-state index in [0.29, 0.717) is 25.6 Å². The number of hydrogen-bond donors (Lipinski definition) is 0. The average molecular weight is 265 g/mol. The summed E-state index contributed by atoms with van der Waals surface area (Å²) in [5, 5.41) is 0. The van der Waals surface area contributed by atoms with Crippen LogP contribution in [0.25, 0.3) is 0 Å². The number of ether oxygens (including phenoxy) is 1. The number of carbonyl (C=O) groups is 1. The summed E-state index contributed by atoms with van der Waals surface area (Å²) >= 11 is 0. The molecule has 3 nitrogen and oxygen atoms in total. The maximum atomic E-state index is 12.8. The summed E-state index contributed by atoms with van der Waals surface area (Å²) in [6.07, 6.45) is 2.72. The maximum absolute atomic E-state index is 12.8. The van der Waals surface area contributed by atoms with Crippen LogP contribution in [0.15, 0.2) is 24.3 Å². The lowest BCUT2D eigenvalue weighted by Gasteiger charge is -2.20. The summed E-state index contributed by atoms with van der Waals surface area (Å²) in [5.41, 5.74) is 0.869. The van der Waals surface area contributed by atoms with Gasteiger partial charge in [-0.3, -0.25) is 9.69 Å². The Hall–Kier alpha value is -1.26. The zero-order chi connectivity index (χ0) is 13.7. The molecule has 0 bridgehead atoms. The van der Waals surface area contributed by atoms with Crippen LogP contribution in [0.3, 0.4) is 0 Å². The molecule has 1 aromatic rings. The molecule has 1 aliphatic rings. The van der Waals surface area contributed by atoms with Crippen molar-refractivity contribution in [2.24, 2.45) is 0 Å². The molecule has 0 aromatic heterocycles. The first kappa shape index (κ1) is 14.2. The van der Waals surface area contributed by atoms with Crippen LogP contribution >= 0.6 is 0 Å². The molecular formula is C15H20FNO2. The Morgan fingerprint density at radius 2 is 2.05 bits per heavy atom. The van der Waals surface area contributed by atoms with Gasteiger partial charge in [-0.15, -0.1) is 0 Å². The minimum atomic E-state index is -0.268. The summed E-state index contributed by atoms with van der Waals surface area (Å²) in [6.45, 7) is 1.92. The van der Waals surface area contributed by atoms with Gasteiger partial charge in [0.05, 0.1) is 13.2 Å². The molecule has 104 valence electrons. The monoisotopic (exact) mass is 265 g/mol. The van der Waals surface area contributed by atoms with Gasteiger partial charge in [-0.25, -0.2) is 4.39 Å². The summed E-state index contributed by atoms with van der Waals surface area (Å²) in [5.74, 6) is -0.0921. The van der Waals surface area contributed by atoms with E-state index in [0.717, 1.165) is 12.1 Å². The van der Waals surface area contributed by atoms with Crippen molar-refractivity contribution in [3.63, 3.8) is 0 Å². The predicted octanol–water partition coefficient (Wildman–Crippen LogP) is 2.05. The van der Waals surface area contributed by atoms with Crippen molar-refractivity contribution < 1.29 is 13.9 Å². The zero-order valence-electron chi connectivity index (χ0n) is 11.3. The first-order valence-corrected chi connectivity index (χ1v) is 6.68. The molecule has 0 aliphatic heterocycles. The maximum Gasteiger partial charge on any atom is 0.151 e. The standard InChI is InChI=1S/C15H20FNO2/c1-19-9-8-17(14-6-7-14)11-15(18)10-12-2-4-13(16)5-3-12/h2-5,14H,6-11H2,1H3. The minimum absolute atomic E-state index is 0.176. The molecule has 0 spiro atoms. The van der Waals surface area contributed by atoms with Gasteiger partial charge < -0.3 is 4.74 Å². The van der Waals surface area contributed by atoms with Crippen molar-refractivity contribution >= 4 is 5.78 Å². The van der Waals surface area contributed by atoms with E-state index in [1.165, 1.54) is 25.0 Å². The third kappa shape index (κ3) is 4.73. The molecule has 4 heteroatoms. The zero-order valence-corrected chi connectivity index (χ0v) is 11.3. The van der Waals surface area contributed by atoms with E-state index in [1.54, 1.807) is 19.2 Å². The Bertz CT molecular complexity index is 415. The van der Waals surface area contributed by atoms with E-state index < -0.39 is 0 Å². The van der Waals surface area contributed by atoms with Crippen LogP contribution in [0, 0.1) is 5.82 Å². The number of carbonyl (C=O) groups excluding carboxylic acids is 1. The fourth-order valence-electron chi connectivity index (χ4n) is 2.15. The molecule has 2 rings (SSSR count). The van der Waals surface area contributed by atoms with Gasteiger partial charge in [-0.05, 0) is 30.5 Å². The Balaban J connectivity index is 1.83. The highest BCUT2D eigenvalue weighted by molar-refractivity contribution is 5.82. The fraction of sp³-hybridized carbons (Fsp3) is 0.533. The fourth-order valence-corrected chi connectivity index (χ4v) is 2.15. The molecule has 0 N–H and O–H groups in total. The number of benzene rings is 1. The molecule has 0 amide bonds. The Labute approximate surface area is 113 Å². The topological polar surface area (TPSA) is 29.5 Å². The lowest BCUT2D eigenvalue weighted by Crippen LogP contribution is -2.35. The van der Waals surface area contributed by atoms with Crippen molar-refractivity contribution in [2.45, 2.75) is 25.3 Å². The molecule has 0 radical (unpaired) electrons. The predicted molar refractivity (Wildman–Crippen MR) is 71.6 cm³/mol. The highest BCUT2D eigenvalue weighted by Gasteiger charge is 2.29. The van der Waals surface area contributed by atoms with Crippen LogP contribution < -0.4 is 0 Å². The van der Waals surface area contributed by atoms with Crippen molar-refractivity contribution in [3.8, 4) is 0 Å². The van der Waals surface area contributed by atoms with Crippen LogP contribution in [-0.2, 0) is 16.0 Å². The van der Waals surface area contributed by atoms with E-state index in [-0.39, 0.29) is 11.6 Å². The molecule has 1 aromatic carbocycles. The minimum Gasteiger partial charge on any atom is -0.383 e. The summed E-state index contributed by atoms with van der Waals surface area (Å²) in [7, 11) is 1.67. The molecule has 19 heavy (non-hydrogen) atoms. The molecule has 0 atom stereocenters. The summed E-state index contributed by atoms with van der Waals surface area (Å²) in [6, 6.07) is 6.68. The van der Waals surface area contributed by atoms with Crippen LogP contribution in [0.4, 0.5) is 4.39 Å². The van der Waals surface area contributed by atoms with E-state index in [2.05, 4.69) is 4.90 Å². The number of halogens is 1. The normalized spacial score (nSPS) is 14.9. The Morgan fingerprint density at radius 1 is 1.37 bits per heavy atom. The number of rotatable bonds is 8.